The van der Waals surface area contributed by atoms with Crippen molar-refractivity contribution in [1.82, 2.24) is 20.5 Å². The number of alkyl halides is 3. The van der Waals surface area contributed by atoms with Gasteiger partial charge in [0.1, 0.15) is 16.7 Å². The Balaban J connectivity index is 1.38. The first-order chi connectivity index (χ1) is 17.8. The van der Waals surface area contributed by atoms with Crippen molar-refractivity contribution in [3.8, 4) is 0 Å². The summed E-state index contributed by atoms with van der Waals surface area (Å²) in [6.07, 6.45) is -8.04. The van der Waals surface area contributed by atoms with Crippen LogP contribution in [0.5, 0.6) is 0 Å². The number of imide groups is 1. The first-order valence-corrected chi connectivity index (χ1v) is 11.7. The summed E-state index contributed by atoms with van der Waals surface area (Å²) >= 11 is 6.23. The third-order valence-corrected chi connectivity index (χ3v) is 6.73. The normalized spacial score (nSPS) is 22.5. The Bertz CT molecular complexity index is 1210. The lowest BCUT2D eigenvalue weighted by molar-refractivity contribution is -0.717. The average Bonchev–Trinajstić information content (AvgIpc) is 3.39. The Morgan fingerprint density at radius 1 is 1.32 bits per heavy atom. The molecule has 17 heteroatoms. The fraction of sp³-hybridized carbons (Fsp3) is 0.524. The molecule has 2 fully saturated rings. The van der Waals surface area contributed by atoms with Crippen LogP contribution in [0, 0.1) is 10.7 Å². The Morgan fingerprint density at radius 3 is 2.68 bits per heavy atom. The van der Waals surface area contributed by atoms with Gasteiger partial charge in [-0.05, 0) is 19.4 Å². The van der Waals surface area contributed by atoms with E-state index in [2.05, 4.69) is 20.4 Å². The van der Waals surface area contributed by atoms with E-state index in [1.807, 2.05) is 0 Å². The second kappa shape index (κ2) is 10.3. The van der Waals surface area contributed by atoms with Crippen molar-refractivity contribution >= 4 is 35.4 Å². The second-order valence-electron chi connectivity index (χ2n) is 8.81. The topological polar surface area (TPSA) is 137 Å². The Hall–Kier alpha value is -3.53. The van der Waals surface area contributed by atoms with Gasteiger partial charge in [0, 0.05) is 42.1 Å². The van der Waals surface area contributed by atoms with E-state index in [0.717, 1.165) is 17.9 Å². The summed E-state index contributed by atoms with van der Waals surface area (Å²) in [6, 6.07) is -1.95. The van der Waals surface area contributed by atoms with Gasteiger partial charge in [-0.3, -0.25) is 24.6 Å². The Kier molecular flexibility index (Phi) is 7.47. The van der Waals surface area contributed by atoms with E-state index in [1.165, 1.54) is 0 Å². The minimum Gasteiger partial charge on any atom is -0.322 e. The van der Waals surface area contributed by atoms with Crippen molar-refractivity contribution in [2.45, 2.75) is 63.8 Å². The molecule has 4 amide bonds. The molecule has 3 heterocycles. The van der Waals surface area contributed by atoms with Crippen LogP contribution in [-0.2, 0) is 32.5 Å². The molecule has 2 N–H and O–H groups in total. The van der Waals surface area contributed by atoms with Crippen LogP contribution in [0.4, 0.5) is 22.4 Å². The smallest absolute Gasteiger partial charge is 0.322 e. The Morgan fingerprint density at radius 2 is 2.03 bits per heavy atom. The zero-order chi connectivity index (χ0) is 27.9. The highest BCUT2D eigenvalue weighted by Crippen LogP contribution is 2.36. The van der Waals surface area contributed by atoms with Crippen molar-refractivity contribution in [3.05, 3.63) is 38.5 Å². The van der Waals surface area contributed by atoms with Gasteiger partial charge in [-0.2, -0.15) is 18.1 Å². The number of carbonyl (C=O) groups is 4. The number of nitroso groups, excluding NO2 is 1. The standard InChI is InChI=1S/C21H20ClF4N5O7/c1-9(31-14(21(24,25)26)4-5-30(31)36)37-38-20(35)27-7-10-6-12(22)11-8-29(19(34)16(11)17(10)23)13-2-3-15(32)28-18(13)33/h6,9,13-14H,2-5,7-8H2,1H3,(H-,27,28,32,33,35)/p+1/t9-,13+,14?/m0/s1. The van der Waals surface area contributed by atoms with Gasteiger partial charge in [-0.25, -0.2) is 9.18 Å². The maximum absolute atomic E-state index is 15.2. The molecule has 0 radical (unpaired) electrons. The molecule has 1 aromatic rings. The number of nitrogens with one attached hydrogen (secondary N) is 2. The summed E-state index contributed by atoms with van der Waals surface area (Å²) in [5, 5.41) is 4.57. The van der Waals surface area contributed by atoms with Gasteiger partial charge in [0.2, 0.25) is 24.6 Å². The van der Waals surface area contributed by atoms with Gasteiger partial charge in [-0.15, -0.1) is 0 Å². The molecule has 1 aromatic carbocycles. The minimum absolute atomic E-state index is 0.00614. The highest BCUT2D eigenvalue weighted by atomic mass is 35.5. The number of benzene rings is 1. The zero-order valence-corrected chi connectivity index (χ0v) is 20.4. The SMILES string of the molecule is C[C@H](OOC(=O)NCc1cc(Cl)c2c(c1F)C(=O)N([C@@H]1CCC(=O)NC1=O)C2)N1C(C(F)(F)F)CC[N+]1=O. The van der Waals surface area contributed by atoms with Crippen molar-refractivity contribution in [1.29, 1.82) is 0 Å². The lowest BCUT2D eigenvalue weighted by Crippen LogP contribution is -2.52. The van der Waals surface area contributed by atoms with Crippen LogP contribution in [0.25, 0.3) is 0 Å². The minimum atomic E-state index is -4.71. The summed E-state index contributed by atoms with van der Waals surface area (Å²) in [7, 11) is 0. The average molecular weight is 567 g/mol. The molecule has 12 nitrogen and oxygen atoms in total. The van der Waals surface area contributed by atoms with Gasteiger partial charge in [0.05, 0.1) is 10.5 Å². The van der Waals surface area contributed by atoms with E-state index < -0.39 is 73.6 Å². The van der Waals surface area contributed by atoms with Crippen LogP contribution in [-0.4, -0.2) is 69.6 Å². The number of rotatable bonds is 6. The summed E-state index contributed by atoms with van der Waals surface area (Å²) in [5.74, 6) is -2.99. The predicted octanol–water partition coefficient (Wildman–Crippen LogP) is 2.07. The summed E-state index contributed by atoms with van der Waals surface area (Å²) in [6.45, 7) is -0.0718. The van der Waals surface area contributed by atoms with Crippen molar-refractivity contribution in [2.24, 2.45) is 0 Å². The van der Waals surface area contributed by atoms with E-state index in [9.17, 15) is 37.3 Å². The quantitative estimate of drug-likeness (QED) is 0.176. The van der Waals surface area contributed by atoms with E-state index >= 15 is 4.39 Å². The number of amides is 4. The number of hydrogen-bond donors (Lipinski definition) is 2. The molecular formula is C21H21ClF4N5O7+. The lowest BCUT2D eigenvalue weighted by atomic mass is 10.0. The molecule has 206 valence electrons. The maximum atomic E-state index is 15.2. The third kappa shape index (κ3) is 5.22. The highest BCUT2D eigenvalue weighted by molar-refractivity contribution is 6.32. The maximum Gasteiger partial charge on any atom is 0.439 e. The van der Waals surface area contributed by atoms with Crippen LogP contribution >= 0.6 is 11.6 Å². The summed E-state index contributed by atoms with van der Waals surface area (Å²) < 4.78 is 54.6. The molecule has 38 heavy (non-hydrogen) atoms. The molecular weight excluding hydrogens is 546 g/mol. The molecule has 3 aliphatic rings. The number of halogens is 5. The molecule has 3 aliphatic heterocycles. The largest absolute Gasteiger partial charge is 0.439 e. The van der Waals surface area contributed by atoms with Gasteiger partial charge in [0.15, 0.2) is 6.04 Å². The number of hydrogen-bond acceptors (Lipinski definition) is 7. The number of fused-ring (bicyclic) bond motifs is 1. The molecule has 0 saturated carbocycles. The predicted molar refractivity (Wildman–Crippen MR) is 116 cm³/mol. The number of nitrogens with zero attached hydrogens (tertiary/aromatic N) is 3. The summed E-state index contributed by atoms with van der Waals surface area (Å²) in [5.41, 5.74) is -0.478. The number of carbonyl (C=O) groups excluding carboxylic acids is 4. The fourth-order valence-corrected chi connectivity index (χ4v) is 4.86. The first kappa shape index (κ1) is 27.5. The molecule has 4 rings (SSSR count). The van der Waals surface area contributed by atoms with E-state index in [1.54, 1.807) is 0 Å². The monoisotopic (exact) mass is 566 g/mol. The molecule has 0 aliphatic carbocycles. The second-order valence-corrected chi connectivity index (χ2v) is 9.21. The number of hydrazine groups is 1. The van der Waals surface area contributed by atoms with E-state index in [-0.39, 0.29) is 46.0 Å². The van der Waals surface area contributed by atoms with Crippen LogP contribution < -0.4 is 10.6 Å². The van der Waals surface area contributed by atoms with Crippen molar-refractivity contribution < 1.29 is 51.4 Å². The van der Waals surface area contributed by atoms with E-state index in [4.69, 9.17) is 11.6 Å². The van der Waals surface area contributed by atoms with Gasteiger partial charge >= 0.3 is 12.3 Å². The van der Waals surface area contributed by atoms with Gasteiger partial charge in [-0.1, -0.05) is 16.6 Å². The molecule has 1 unspecified atom stereocenters. The van der Waals surface area contributed by atoms with Crippen LogP contribution in [0.2, 0.25) is 5.02 Å². The molecule has 0 spiro atoms. The fourth-order valence-electron chi connectivity index (χ4n) is 4.58. The molecule has 3 atom stereocenters. The summed E-state index contributed by atoms with van der Waals surface area (Å²) in [4.78, 5) is 70.5. The van der Waals surface area contributed by atoms with Crippen LogP contribution in [0.1, 0.15) is 47.7 Å². The van der Waals surface area contributed by atoms with Crippen LogP contribution in [0.15, 0.2) is 6.07 Å². The third-order valence-electron chi connectivity index (χ3n) is 6.39. The molecule has 0 bridgehead atoms. The van der Waals surface area contributed by atoms with Gasteiger partial charge in [0.25, 0.3) is 5.91 Å². The Labute approximate surface area is 216 Å². The highest BCUT2D eigenvalue weighted by Gasteiger charge is 2.57. The van der Waals surface area contributed by atoms with Crippen molar-refractivity contribution in [3.63, 3.8) is 0 Å². The number of piperidine rings is 1. The molecule has 0 aromatic heterocycles. The van der Waals surface area contributed by atoms with Crippen molar-refractivity contribution in [2.75, 3.05) is 6.54 Å². The lowest BCUT2D eigenvalue weighted by Gasteiger charge is -2.29. The first-order valence-electron chi connectivity index (χ1n) is 11.3. The van der Waals surface area contributed by atoms with Crippen LogP contribution in [0.3, 0.4) is 0 Å². The van der Waals surface area contributed by atoms with E-state index in [0.29, 0.717) is 5.01 Å². The molecule has 2 saturated heterocycles. The zero-order valence-electron chi connectivity index (χ0n) is 19.6. The van der Waals surface area contributed by atoms with Gasteiger partial charge < -0.3 is 10.2 Å².